The van der Waals surface area contributed by atoms with Crippen molar-refractivity contribution < 1.29 is 36.3 Å². The molecule has 192 valence electrons. The Morgan fingerprint density at radius 1 is 1.17 bits per heavy atom. The number of carbonyl (C=O) groups is 2. The average molecular weight is 500 g/mol. The van der Waals surface area contributed by atoms with Crippen LogP contribution in [0.5, 0.6) is 0 Å². The standard InChI is InChI=1S/C26H30F5NO3/c1-15(26(29,30)31)21(17-6-8-18(27)9-7-17)22(33)32-20-13-16(5-10-19(20)28)14-25(11-12-25)23(34)35-24(2,3)4/h5-6,8-10,13,15,17,21H,7,11-12,14H2,1-4H3,(H,32,33)/t15-,17?,21+/m1/s1. The predicted octanol–water partition coefficient (Wildman–Crippen LogP) is 6.67. The van der Waals surface area contributed by atoms with Gasteiger partial charge in [0.25, 0.3) is 0 Å². The number of esters is 1. The molecule has 2 aliphatic rings. The van der Waals surface area contributed by atoms with E-state index in [1.54, 1.807) is 20.8 Å². The summed E-state index contributed by atoms with van der Waals surface area (Å²) in [7, 11) is 0. The molecule has 1 amide bonds. The van der Waals surface area contributed by atoms with E-state index >= 15 is 0 Å². The highest BCUT2D eigenvalue weighted by Gasteiger charge is 2.52. The Labute approximate surface area is 201 Å². The number of halogens is 5. The van der Waals surface area contributed by atoms with Gasteiger partial charge < -0.3 is 10.1 Å². The molecule has 0 aliphatic heterocycles. The lowest BCUT2D eigenvalue weighted by molar-refractivity contribution is -0.188. The van der Waals surface area contributed by atoms with Crippen molar-refractivity contribution in [3.8, 4) is 0 Å². The zero-order chi connectivity index (χ0) is 26.2. The molecule has 0 bridgehead atoms. The van der Waals surface area contributed by atoms with Gasteiger partial charge in [0.15, 0.2) is 0 Å². The highest BCUT2D eigenvalue weighted by molar-refractivity contribution is 5.93. The predicted molar refractivity (Wildman–Crippen MR) is 121 cm³/mol. The Bertz CT molecular complexity index is 1030. The molecule has 1 aromatic carbocycles. The molecule has 3 rings (SSSR count). The van der Waals surface area contributed by atoms with E-state index < -0.39 is 52.5 Å². The molecule has 1 fully saturated rings. The van der Waals surface area contributed by atoms with Crippen LogP contribution < -0.4 is 5.32 Å². The van der Waals surface area contributed by atoms with Crippen LogP contribution in [0.15, 0.2) is 42.3 Å². The van der Waals surface area contributed by atoms with Crippen molar-refractivity contribution >= 4 is 17.6 Å². The average Bonchev–Trinajstić information content (AvgIpc) is 3.51. The number of carbonyl (C=O) groups excluding carboxylic acids is 2. The summed E-state index contributed by atoms with van der Waals surface area (Å²) in [6.07, 6.45) is 0.0959. The number of alkyl halides is 3. The minimum Gasteiger partial charge on any atom is -0.460 e. The van der Waals surface area contributed by atoms with Gasteiger partial charge in [0.2, 0.25) is 5.91 Å². The van der Waals surface area contributed by atoms with Gasteiger partial charge in [0.05, 0.1) is 22.9 Å². The number of ether oxygens (including phenoxy) is 1. The molecule has 0 spiro atoms. The van der Waals surface area contributed by atoms with Gasteiger partial charge >= 0.3 is 12.1 Å². The first kappa shape index (κ1) is 26.9. The number of nitrogens with one attached hydrogen (secondary N) is 1. The second-order valence-electron chi connectivity index (χ2n) is 10.5. The number of allylic oxidation sites excluding steroid dienone is 4. The van der Waals surface area contributed by atoms with Gasteiger partial charge in [-0.2, -0.15) is 13.2 Å². The number of hydrogen-bond acceptors (Lipinski definition) is 3. The Kier molecular flexibility index (Phi) is 7.48. The van der Waals surface area contributed by atoms with E-state index in [1.165, 1.54) is 18.2 Å². The second-order valence-corrected chi connectivity index (χ2v) is 10.5. The number of benzene rings is 1. The summed E-state index contributed by atoms with van der Waals surface area (Å²) in [5.41, 5.74) is -1.12. The number of amides is 1. The molecule has 1 saturated carbocycles. The lowest BCUT2D eigenvalue weighted by atomic mass is 9.78. The number of rotatable bonds is 7. The molecule has 2 aliphatic carbocycles. The third-order valence-electron chi connectivity index (χ3n) is 6.42. The van der Waals surface area contributed by atoms with E-state index in [0.717, 1.165) is 25.1 Å². The summed E-state index contributed by atoms with van der Waals surface area (Å²) in [6, 6.07) is 3.92. The normalized spacial score (nSPS) is 21.1. The van der Waals surface area contributed by atoms with Crippen LogP contribution >= 0.6 is 0 Å². The minimum absolute atomic E-state index is 0.0816. The van der Waals surface area contributed by atoms with Crippen LogP contribution in [0.1, 0.15) is 52.5 Å². The third-order valence-corrected chi connectivity index (χ3v) is 6.42. The van der Waals surface area contributed by atoms with E-state index in [4.69, 9.17) is 4.74 Å². The third kappa shape index (κ3) is 6.70. The quantitative estimate of drug-likeness (QED) is 0.337. The summed E-state index contributed by atoms with van der Waals surface area (Å²) in [5, 5.41) is 2.31. The molecule has 1 unspecified atom stereocenters. The lowest BCUT2D eigenvalue weighted by Gasteiger charge is -2.31. The maximum Gasteiger partial charge on any atom is 0.392 e. The van der Waals surface area contributed by atoms with Gasteiger partial charge in [0, 0.05) is 0 Å². The van der Waals surface area contributed by atoms with Crippen molar-refractivity contribution in [3.63, 3.8) is 0 Å². The Hall–Kier alpha value is -2.71. The molecule has 4 nitrogen and oxygen atoms in total. The van der Waals surface area contributed by atoms with Crippen molar-refractivity contribution in [3.05, 3.63) is 53.6 Å². The monoisotopic (exact) mass is 499 g/mol. The highest BCUT2D eigenvalue weighted by Crippen LogP contribution is 2.50. The summed E-state index contributed by atoms with van der Waals surface area (Å²) in [5.74, 6) is -7.30. The van der Waals surface area contributed by atoms with Gasteiger partial charge in [-0.1, -0.05) is 19.1 Å². The molecule has 0 heterocycles. The number of anilines is 1. The number of hydrogen-bond donors (Lipinski definition) is 1. The first-order valence-electron chi connectivity index (χ1n) is 11.5. The van der Waals surface area contributed by atoms with Crippen molar-refractivity contribution in [2.45, 2.75) is 65.2 Å². The van der Waals surface area contributed by atoms with Crippen LogP contribution in [0, 0.1) is 29.0 Å². The molecule has 0 aromatic heterocycles. The fourth-order valence-corrected chi connectivity index (χ4v) is 4.25. The highest BCUT2D eigenvalue weighted by atomic mass is 19.4. The van der Waals surface area contributed by atoms with E-state index in [1.807, 2.05) is 0 Å². The zero-order valence-corrected chi connectivity index (χ0v) is 20.1. The van der Waals surface area contributed by atoms with Crippen LogP contribution in [0.3, 0.4) is 0 Å². The maximum atomic E-state index is 14.5. The smallest absolute Gasteiger partial charge is 0.392 e. The van der Waals surface area contributed by atoms with Gasteiger partial charge in [-0.25, -0.2) is 8.78 Å². The van der Waals surface area contributed by atoms with Crippen molar-refractivity contribution in [2.24, 2.45) is 23.2 Å². The van der Waals surface area contributed by atoms with E-state index in [-0.39, 0.29) is 24.5 Å². The summed E-state index contributed by atoms with van der Waals surface area (Å²) in [4.78, 5) is 25.6. The van der Waals surface area contributed by atoms with E-state index in [9.17, 15) is 31.5 Å². The molecule has 9 heteroatoms. The van der Waals surface area contributed by atoms with Gasteiger partial charge in [-0.15, -0.1) is 0 Å². The lowest BCUT2D eigenvalue weighted by Crippen LogP contribution is -2.40. The van der Waals surface area contributed by atoms with E-state index in [2.05, 4.69) is 5.32 Å². The fourth-order valence-electron chi connectivity index (χ4n) is 4.25. The molecule has 1 aromatic rings. The van der Waals surface area contributed by atoms with E-state index in [0.29, 0.717) is 18.4 Å². The maximum absolute atomic E-state index is 14.5. The molecular weight excluding hydrogens is 469 g/mol. The molecule has 0 radical (unpaired) electrons. The minimum atomic E-state index is -4.68. The van der Waals surface area contributed by atoms with Crippen LogP contribution in [0.2, 0.25) is 0 Å². The van der Waals surface area contributed by atoms with Crippen LogP contribution in [0.25, 0.3) is 0 Å². The Morgan fingerprint density at radius 3 is 2.34 bits per heavy atom. The largest absolute Gasteiger partial charge is 0.460 e. The Balaban J connectivity index is 1.80. The molecule has 3 atom stereocenters. The second kappa shape index (κ2) is 9.74. The first-order valence-corrected chi connectivity index (χ1v) is 11.5. The first-order chi connectivity index (χ1) is 16.1. The fraction of sp³-hybridized carbons (Fsp3) is 0.538. The molecule has 0 saturated heterocycles. The molecular formula is C26H30F5NO3. The van der Waals surface area contributed by atoms with Crippen LogP contribution in [0.4, 0.5) is 27.6 Å². The van der Waals surface area contributed by atoms with Gasteiger partial charge in [-0.3, -0.25) is 9.59 Å². The topological polar surface area (TPSA) is 55.4 Å². The molecule has 1 N–H and O–H groups in total. The molecule has 35 heavy (non-hydrogen) atoms. The van der Waals surface area contributed by atoms with Gasteiger partial charge in [-0.05, 0) is 82.2 Å². The van der Waals surface area contributed by atoms with Crippen LogP contribution in [-0.2, 0) is 20.7 Å². The van der Waals surface area contributed by atoms with Gasteiger partial charge in [0.1, 0.15) is 17.2 Å². The van der Waals surface area contributed by atoms with Crippen molar-refractivity contribution in [2.75, 3.05) is 5.32 Å². The SMILES string of the molecule is C[C@H]([C@H](C(=O)Nc1cc(CC2(C(=O)OC(C)(C)C)CC2)ccc1F)C1C=CC(F)=CC1)C(F)(F)F. The Morgan fingerprint density at radius 2 is 1.83 bits per heavy atom. The summed E-state index contributed by atoms with van der Waals surface area (Å²) in [6.45, 7) is 6.17. The van der Waals surface area contributed by atoms with Crippen LogP contribution in [-0.4, -0.2) is 23.7 Å². The van der Waals surface area contributed by atoms with Crippen molar-refractivity contribution in [1.82, 2.24) is 0 Å². The summed E-state index contributed by atoms with van der Waals surface area (Å²) >= 11 is 0. The summed E-state index contributed by atoms with van der Waals surface area (Å²) < 4.78 is 74.0. The van der Waals surface area contributed by atoms with Crippen molar-refractivity contribution in [1.29, 1.82) is 0 Å². The zero-order valence-electron chi connectivity index (χ0n) is 20.1.